The van der Waals surface area contributed by atoms with Crippen molar-refractivity contribution < 1.29 is 9.84 Å². The Balaban J connectivity index is 2.02. The highest BCUT2D eigenvalue weighted by Gasteiger charge is 2.06. The molecule has 0 atom stereocenters. The molecule has 3 aromatic rings. The van der Waals surface area contributed by atoms with Gasteiger partial charge in [-0.25, -0.2) is 0 Å². The molecule has 0 radical (unpaired) electrons. The molecule has 0 saturated carbocycles. The Bertz CT molecular complexity index is 863. The van der Waals surface area contributed by atoms with Gasteiger partial charge in [-0.05, 0) is 59.7 Å². The quantitative estimate of drug-likeness (QED) is 0.748. The summed E-state index contributed by atoms with van der Waals surface area (Å²) in [5, 5.41) is 20.6. The summed E-state index contributed by atoms with van der Waals surface area (Å²) in [4.78, 5) is 0. The van der Waals surface area contributed by atoms with E-state index in [0.29, 0.717) is 17.1 Å². The number of phenols is 1. The Kier molecular flexibility index (Phi) is 3.21. The van der Waals surface area contributed by atoms with E-state index in [9.17, 15) is 5.11 Å². The van der Waals surface area contributed by atoms with E-state index in [2.05, 4.69) is 6.07 Å². The fourth-order valence-corrected chi connectivity index (χ4v) is 2.21. The predicted molar refractivity (Wildman–Crippen MR) is 81.6 cm³/mol. The van der Waals surface area contributed by atoms with Gasteiger partial charge in [-0.3, -0.25) is 0 Å². The fourth-order valence-electron chi connectivity index (χ4n) is 2.21. The normalized spacial score (nSPS) is 10.3. The Labute approximate surface area is 122 Å². The summed E-state index contributed by atoms with van der Waals surface area (Å²) in [6, 6.07) is 18.4. The predicted octanol–water partition coefficient (Wildman–Crippen LogP) is 4.52. The first-order valence-electron chi connectivity index (χ1n) is 6.57. The van der Waals surface area contributed by atoms with Gasteiger partial charge >= 0.3 is 0 Å². The maximum Gasteiger partial charge on any atom is 0.145 e. The van der Waals surface area contributed by atoms with E-state index in [1.807, 2.05) is 43.3 Å². The number of benzene rings is 3. The number of hydrogen-bond acceptors (Lipinski definition) is 3. The molecule has 0 fully saturated rings. The number of ether oxygens (including phenoxy) is 1. The number of nitriles is 1. The van der Waals surface area contributed by atoms with Crippen molar-refractivity contribution in [2.75, 3.05) is 0 Å². The van der Waals surface area contributed by atoms with Crippen molar-refractivity contribution in [2.24, 2.45) is 0 Å². The molecular formula is C18H13NO2. The van der Waals surface area contributed by atoms with Crippen molar-refractivity contribution in [1.82, 2.24) is 0 Å². The second kappa shape index (κ2) is 5.18. The van der Waals surface area contributed by atoms with Crippen LogP contribution in [0.15, 0.2) is 54.6 Å². The molecule has 0 amide bonds. The molecular weight excluding hydrogens is 262 g/mol. The highest BCUT2D eigenvalue weighted by Crippen LogP contribution is 2.29. The summed E-state index contributed by atoms with van der Waals surface area (Å²) in [5.74, 6) is 1.39. The van der Waals surface area contributed by atoms with Crippen molar-refractivity contribution in [3.8, 4) is 23.3 Å². The average Bonchev–Trinajstić information content (AvgIpc) is 2.47. The van der Waals surface area contributed by atoms with Crippen LogP contribution in [0.1, 0.15) is 11.1 Å². The molecule has 21 heavy (non-hydrogen) atoms. The molecule has 0 unspecified atom stereocenters. The summed E-state index contributed by atoms with van der Waals surface area (Å²) in [5.41, 5.74) is 1.53. The number of hydrogen-bond donors (Lipinski definition) is 1. The smallest absolute Gasteiger partial charge is 0.145 e. The summed E-state index contributed by atoms with van der Waals surface area (Å²) < 4.78 is 5.83. The van der Waals surface area contributed by atoms with E-state index in [0.717, 1.165) is 16.3 Å². The summed E-state index contributed by atoms with van der Waals surface area (Å²) >= 11 is 0. The maximum atomic E-state index is 9.55. The molecule has 0 bridgehead atoms. The largest absolute Gasteiger partial charge is 0.508 e. The number of fused-ring (bicyclic) bond motifs is 1. The zero-order valence-electron chi connectivity index (χ0n) is 11.5. The highest BCUT2D eigenvalue weighted by atomic mass is 16.5. The number of phenolic OH excluding ortho intramolecular Hbond substituents is 1. The molecule has 0 aliphatic carbocycles. The van der Waals surface area contributed by atoms with Crippen molar-refractivity contribution in [2.45, 2.75) is 6.92 Å². The molecule has 0 aliphatic heterocycles. The number of aromatic hydroxyl groups is 1. The number of nitrogens with zero attached hydrogens (tertiary/aromatic N) is 1. The second-order valence-electron chi connectivity index (χ2n) is 4.91. The Morgan fingerprint density at radius 1 is 0.952 bits per heavy atom. The fraction of sp³-hybridized carbons (Fsp3) is 0.0556. The lowest BCUT2D eigenvalue weighted by molar-refractivity contribution is 0.475. The van der Waals surface area contributed by atoms with Crippen LogP contribution in [-0.4, -0.2) is 5.11 Å². The van der Waals surface area contributed by atoms with Gasteiger partial charge in [0.25, 0.3) is 0 Å². The molecule has 3 heteroatoms. The van der Waals surface area contributed by atoms with Gasteiger partial charge in [0.15, 0.2) is 0 Å². The first kappa shape index (κ1) is 13.0. The molecule has 3 rings (SSSR count). The van der Waals surface area contributed by atoms with E-state index in [1.54, 1.807) is 18.2 Å². The standard InChI is InChI=1S/C18H13NO2/c1-12-2-3-14(11-19)18(8-12)21-17-7-5-13-4-6-16(20)9-15(13)10-17/h2-10,20H,1H3. The van der Waals surface area contributed by atoms with Crippen LogP contribution in [0.4, 0.5) is 0 Å². The molecule has 3 aromatic carbocycles. The minimum absolute atomic E-state index is 0.216. The molecule has 0 spiro atoms. The van der Waals surface area contributed by atoms with Gasteiger partial charge in [-0.15, -0.1) is 0 Å². The SMILES string of the molecule is Cc1ccc(C#N)c(Oc2ccc3ccc(O)cc3c2)c1. The van der Waals surface area contributed by atoms with E-state index in [1.165, 1.54) is 0 Å². The summed E-state index contributed by atoms with van der Waals surface area (Å²) in [6.07, 6.45) is 0. The third kappa shape index (κ3) is 2.65. The van der Waals surface area contributed by atoms with Crippen molar-refractivity contribution in [1.29, 1.82) is 5.26 Å². The van der Waals surface area contributed by atoms with Crippen LogP contribution in [0.2, 0.25) is 0 Å². The van der Waals surface area contributed by atoms with Crippen LogP contribution in [0, 0.1) is 18.3 Å². The van der Waals surface area contributed by atoms with Crippen LogP contribution in [0.25, 0.3) is 10.8 Å². The minimum Gasteiger partial charge on any atom is -0.508 e. The third-order valence-electron chi connectivity index (χ3n) is 3.28. The highest BCUT2D eigenvalue weighted by molar-refractivity contribution is 5.85. The Morgan fingerprint density at radius 2 is 1.76 bits per heavy atom. The molecule has 1 N–H and O–H groups in total. The average molecular weight is 275 g/mol. The van der Waals surface area contributed by atoms with E-state index in [4.69, 9.17) is 10.00 Å². The number of rotatable bonds is 2. The van der Waals surface area contributed by atoms with Crippen LogP contribution in [-0.2, 0) is 0 Å². The van der Waals surface area contributed by atoms with Crippen molar-refractivity contribution in [3.05, 3.63) is 65.7 Å². The van der Waals surface area contributed by atoms with Gasteiger partial charge in [0.05, 0.1) is 5.56 Å². The van der Waals surface area contributed by atoms with Gasteiger partial charge < -0.3 is 9.84 Å². The maximum absolute atomic E-state index is 9.55. The van der Waals surface area contributed by atoms with Crippen LogP contribution >= 0.6 is 0 Å². The minimum atomic E-state index is 0.216. The van der Waals surface area contributed by atoms with E-state index < -0.39 is 0 Å². The monoisotopic (exact) mass is 275 g/mol. The Hall–Kier alpha value is -2.99. The lowest BCUT2D eigenvalue weighted by Crippen LogP contribution is -1.89. The van der Waals surface area contributed by atoms with Gasteiger partial charge in [-0.1, -0.05) is 18.2 Å². The first-order chi connectivity index (χ1) is 10.2. The molecule has 0 saturated heterocycles. The second-order valence-corrected chi connectivity index (χ2v) is 4.91. The zero-order valence-corrected chi connectivity index (χ0v) is 11.5. The Morgan fingerprint density at radius 3 is 2.57 bits per heavy atom. The van der Waals surface area contributed by atoms with Gasteiger partial charge in [0.2, 0.25) is 0 Å². The molecule has 0 aromatic heterocycles. The zero-order chi connectivity index (χ0) is 14.8. The molecule has 3 nitrogen and oxygen atoms in total. The summed E-state index contributed by atoms with van der Waals surface area (Å²) in [7, 11) is 0. The topological polar surface area (TPSA) is 53.2 Å². The van der Waals surface area contributed by atoms with Crippen molar-refractivity contribution in [3.63, 3.8) is 0 Å². The van der Waals surface area contributed by atoms with Gasteiger partial charge in [0.1, 0.15) is 23.3 Å². The molecule has 0 heterocycles. The van der Waals surface area contributed by atoms with E-state index >= 15 is 0 Å². The lowest BCUT2D eigenvalue weighted by atomic mass is 10.1. The van der Waals surface area contributed by atoms with Gasteiger partial charge in [0, 0.05) is 0 Å². The molecule has 102 valence electrons. The number of aryl methyl sites for hydroxylation is 1. The first-order valence-corrected chi connectivity index (χ1v) is 6.57. The van der Waals surface area contributed by atoms with Crippen LogP contribution in [0.5, 0.6) is 17.2 Å². The summed E-state index contributed by atoms with van der Waals surface area (Å²) in [6.45, 7) is 1.95. The van der Waals surface area contributed by atoms with Crippen LogP contribution < -0.4 is 4.74 Å². The van der Waals surface area contributed by atoms with Gasteiger partial charge in [-0.2, -0.15) is 5.26 Å². The lowest BCUT2D eigenvalue weighted by Gasteiger charge is -2.09. The molecule has 0 aliphatic rings. The van der Waals surface area contributed by atoms with E-state index in [-0.39, 0.29) is 5.75 Å². The van der Waals surface area contributed by atoms with Crippen LogP contribution in [0.3, 0.4) is 0 Å². The third-order valence-corrected chi connectivity index (χ3v) is 3.28. The van der Waals surface area contributed by atoms with Crippen molar-refractivity contribution >= 4 is 10.8 Å².